The van der Waals surface area contributed by atoms with Gasteiger partial charge in [-0.3, -0.25) is 4.98 Å². The first kappa shape index (κ1) is 7.99. The summed E-state index contributed by atoms with van der Waals surface area (Å²) in [5.41, 5.74) is 1.32. The molecule has 1 heterocycles. The van der Waals surface area contributed by atoms with Crippen molar-refractivity contribution in [2.45, 2.75) is 19.8 Å². The van der Waals surface area contributed by atoms with Crippen molar-refractivity contribution in [3.8, 4) is 0 Å². The summed E-state index contributed by atoms with van der Waals surface area (Å²) in [4.78, 5) is 3.96. The predicted octanol–water partition coefficient (Wildman–Crippen LogP) is 2.76. The summed E-state index contributed by atoms with van der Waals surface area (Å²) in [5.74, 6) is 0.503. The van der Waals surface area contributed by atoms with Crippen molar-refractivity contribution < 1.29 is 0 Å². The van der Waals surface area contributed by atoms with Crippen LogP contribution in [0.2, 0.25) is 0 Å². The van der Waals surface area contributed by atoms with Gasteiger partial charge < -0.3 is 0 Å². The molecule has 0 fully saturated rings. The van der Waals surface area contributed by atoms with E-state index in [1.807, 2.05) is 31.5 Å². The molecule has 1 aromatic heterocycles. The summed E-state index contributed by atoms with van der Waals surface area (Å²) in [6, 6.07) is 4.09. The minimum atomic E-state index is 0.503. The molecule has 0 spiro atoms. The molecule has 0 saturated carbocycles. The Kier molecular flexibility index (Phi) is 2.84. The Labute approximate surface area is 67.8 Å². The third-order valence-electron chi connectivity index (χ3n) is 1.71. The van der Waals surface area contributed by atoms with Crippen molar-refractivity contribution >= 4 is 0 Å². The molecule has 0 saturated heterocycles. The highest BCUT2D eigenvalue weighted by Gasteiger charge is 1.97. The van der Waals surface area contributed by atoms with Gasteiger partial charge in [0.1, 0.15) is 0 Å². The molecule has 1 atom stereocenters. The molecule has 0 aliphatic carbocycles. The zero-order valence-electron chi connectivity index (χ0n) is 6.99. The number of allylic oxidation sites excluding steroid dienone is 2. The zero-order valence-corrected chi connectivity index (χ0v) is 6.99. The van der Waals surface area contributed by atoms with Crippen LogP contribution < -0.4 is 0 Å². The normalized spacial score (nSPS) is 13.6. The van der Waals surface area contributed by atoms with Crippen LogP contribution in [0.5, 0.6) is 0 Å². The van der Waals surface area contributed by atoms with Crippen LogP contribution in [0.15, 0.2) is 36.7 Å². The molecule has 58 valence electrons. The molecule has 0 amide bonds. The summed E-state index contributed by atoms with van der Waals surface area (Å²) in [6.45, 7) is 4.22. The Morgan fingerprint density at radius 1 is 1.36 bits per heavy atom. The molecule has 0 radical (unpaired) electrons. The molecular weight excluding hydrogens is 134 g/mol. The van der Waals surface area contributed by atoms with Gasteiger partial charge in [-0.25, -0.2) is 0 Å². The van der Waals surface area contributed by atoms with Gasteiger partial charge in [-0.15, -0.1) is 0 Å². The topological polar surface area (TPSA) is 12.9 Å². The van der Waals surface area contributed by atoms with E-state index in [4.69, 9.17) is 0 Å². The second-order valence-electron chi connectivity index (χ2n) is 2.60. The lowest BCUT2D eigenvalue weighted by Gasteiger charge is -2.03. The van der Waals surface area contributed by atoms with Gasteiger partial charge in [0.2, 0.25) is 0 Å². The van der Waals surface area contributed by atoms with E-state index in [1.54, 1.807) is 0 Å². The fraction of sp³-hybridized carbons (Fsp3) is 0.300. The Hall–Kier alpha value is -1.11. The molecule has 11 heavy (non-hydrogen) atoms. The second kappa shape index (κ2) is 3.91. The van der Waals surface area contributed by atoms with Gasteiger partial charge in [0, 0.05) is 12.4 Å². The number of hydrogen-bond donors (Lipinski definition) is 0. The Morgan fingerprint density at radius 3 is 2.55 bits per heavy atom. The molecule has 1 unspecified atom stereocenters. The van der Waals surface area contributed by atoms with Crippen LogP contribution in [-0.2, 0) is 0 Å². The number of hydrogen-bond acceptors (Lipinski definition) is 1. The molecule has 0 aliphatic heterocycles. The fourth-order valence-corrected chi connectivity index (χ4v) is 1.07. The molecule has 1 rings (SSSR count). The average molecular weight is 147 g/mol. The molecule has 1 aromatic rings. The number of rotatable bonds is 2. The van der Waals surface area contributed by atoms with Gasteiger partial charge >= 0.3 is 0 Å². The third-order valence-corrected chi connectivity index (χ3v) is 1.71. The molecule has 0 aliphatic rings. The van der Waals surface area contributed by atoms with E-state index in [-0.39, 0.29) is 0 Å². The summed E-state index contributed by atoms with van der Waals surface area (Å²) < 4.78 is 0. The van der Waals surface area contributed by atoms with Crippen LogP contribution in [0.25, 0.3) is 0 Å². The monoisotopic (exact) mass is 147 g/mol. The van der Waals surface area contributed by atoms with Crippen LogP contribution in [-0.4, -0.2) is 4.98 Å². The Morgan fingerprint density at radius 2 is 2.00 bits per heavy atom. The molecule has 1 heteroatoms. The van der Waals surface area contributed by atoms with E-state index in [2.05, 4.69) is 24.1 Å². The lowest BCUT2D eigenvalue weighted by Crippen LogP contribution is -1.87. The number of nitrogens with zero attached hydrogens (tertiary/aromatic N) is 1. The van der Waals surface area contributed by atoms with Gasteiger partial charge in [-0.05, 0) is 30.5 Å². The third kappa shape index (κ3) is 2.19. The van der Waals surface area contributed by atoms with Crippen molar-refractivity contribution in [1.29, 1.82) is 0 Å². The quantitative estimate of drug-likeness (QED) is 0.586. The van der Waals surface area contributed by atoms with E-state index in [9.17, 15) is 0 Å². The smallest absolute Gasteiger partial charge is 0.0270 e. The van der Waals surface area contributed by atoms with Crippen molar-refractivity contribution in [3.63, 3.8) is 0 Å². The van der Waals surface area contributed by atoms with Crippen LogP contribution in [0.3, 0.4) is 0 Å². The largest absolute Gasteiger partial charge is 0.265 e. The van der Waals surface area contributed by atoms with Crippen molar-refractivity contribution in [1.82, 2.24) is 4.98 Å². The minimum absolute atomic E-state index is 0.503. The summed E-state index contributed by atoms with van der Waals surface area (Å²) in [7, 11) is 0. The lowest BCUT2D eigenvalue weighted by molar-refractivity contribution is 0.958. The van der Waals surface area contributed by atoms with Crippen molar-refractivity contribution in [2.75, 3.05) is 0 Å². The zero-order chi connectivity index (χ0) is 8.10. The summed E-state index contributed by atoms with van der Waals surface area (Å²) in [5, 5.41) is 0. The standard InChI is InChI=1S/C10H13N/c1-3-4-9(2)10-5-7-11-8-6-10/h3-9H,1-2H3/b4-3+. The molecule has 0 bridgehead atoms. The lowest BCUT2D eigenvalue weighted by atomic mass is 10.0. The highest BCUT2D eigenvalue weighted by atomic mass is 14.6. The molecule has 0 aromatic carbocycles. The number of pyridine rings is 1. The molecule has 1 nitrogen and oxygen atoms in total. The van der Waals surface area contributed by atoms with Gasteiger partial charge in [0.25, 0.3) is 0 Å². The summed E-state index contributed by atoms with van der Waals surface area (Å²) in [6.07, 6.45) is 7.91. The Bertz CT molecular complexity index is 226. The van der Waals surface area contributed by atoms with Crippen LogP contribution in [0, 0.1) is 0 Å². The summed E-state index contributed by atoms with van der Waals surface area (Å²) >= 11 is 0. The van der Waals surface area contributed by atoms with Crippen molar-refractivity contribution in [2.24, 2.45) is 0 Å². The number of aromatic nitrogens is 1. The van der Waals surface area contributed by atoms with Crippen LogP contribution in [0.1, 0.15) is 25.3 Å². The van der Waals surface area contributed by atoms with Gasteiger partial charge in [0.05, 0.1) is 0 Å². The highest BCUT2D eigenvalue weighted by Crippen LogP contribution is 2.14. The maximum atomic E-state index is 3.96. The highest BCUT2D eigenvalue weighted by molar-refractivity contribution is 5.19. The minimum Gasteiger partial charge on any atom is -0.265 e. The average Bonchev–Trinajstić information content (AvgIpc) is 2.07. The fourth-order valence-electron chi connectivity index (χ4n) is 1.07. The first-order valence-electron chi connectivity index (χ1n) is 3.87. The predicted molar refractivity (Wildman–Crippen MR) is 47.5 cm³/mol. The van der Waals surface area contributed by atoms with E-state index >= 15 is 0 Å². The maximum Gasteiger partial charge on any atom is 0.0270 e. The second-order valence-corrected chi connectivity index (χ2v) is 2.60. The van der Waals surface area contributed by atoms with E-state index < -0.39 is 0 Å². The molecule has 0 N–H and O–H groups in total. The van der Waals surface area contributed by atoms with Crippen LogP contribution in [0.4, 0.5) is 0 Å². The molecular formula is C10H13N. The maximum absolute atomic E-state index is 3.96. The Balaban J connectivity index is 2.76. The first-order chi connectivity index (χ1) is 5.34. The van der Waals surface area contributed by atoms with E-state index in [1.165, 1.54) is 5.56 Å². The van der Waals surface area contributed by atoms with Gasteiger partial charge in [0.15, 0.2) is 0 Å². The van der Waals surface area contributed by atoms with Gasteiger partial charge in [-0.1, -0.05) is 19.1 Å². The van der Waals surface area contributed by atoms with Crippen LogP contribution >= 0.6 is 0 Å². The SMILES string of the molecule is C/C=C/C(C)c1ccncc1. The van der Waals surface area contributed by atoms with E-state index in [0.717, 1.165) is 0 Å². The van der Waals surface area contributed by atoms with E-state index in [0.29, 0.717) is 5.92 Å². The first-order valence-corrected chi connectivity index (χ1v) is 3.87. The van der Waals surface area contributed by atoms with Crippen molar-refractivity contribution in [3.05, 3.63) is 42.2 Å². The van der Waals surface area contributed by atoms with Gasteiger partial charge in [-0.2, -0.15) is 0 Å².